The van der Waals surface area contributed by atoms with Crippen LogP contribution in [-0.2, 0) is 17.9 Å². The molecule has 0 aliphatic carbocycles. The standard InChI is InChI=1S/C22H28N2O2S/c1-26-20-9-11-21(12-10-20)27-17-22(25)23-15-18-5-7-19(8-6-18)16-24-13-3-2-4-14-24/h5-12H,2-4,13-17H2,1H3,(H,23,25). The van der Waals surface area contributed by atoms with Crippen molar-refractivity contribution in [2.24, 2.45) is 0 Å². The lowest BCUT2D eigenvalue weighted by atomic mass is 10.1. The number of piperidine rings is 1. The second kappa shape index (κ2) is 10.4. The van der Waals surface area contributed by atoms with Crippen molar-refractivity contribution in [3.05, 3.63) is 59.7 Å². The summed E-state index contributed by atoms with van der Waals surface area (Å²) in [6.07, 6.45) is 4.00. The molecule has 2 aromatic carbocycles. The van der Waals surface area contributed by atoms with Crippen LogP contribution in [0.4, 0.5) is 0 Å². The second-order valence-corrected chi connectivity index (χ2v) is 7.94. The lowest BCUT2D eigenvalue weighted by Gasteiger charge is -2.26. The van der Waals surface area contributed by atoms with Crippen LogP contribution in [0.5, 0.6) is 5.75 Å². The number of hydrogen-bond acceptors (Lipinski definition) is 4. The van der Waals surface area contributed by atoms with Gasteiger partial charge in [-0.05, 0) is 61.3 Å². The molecule has 1 heterocycles. The van der Waals surface area contributed by atoms with E-state index < -0.39 is 0 Å². The fourth-order valence-electron chi connectivity index (χ4n) is 3.21. The molecule has 0 atom stereocenters. The van der Waals surface area contributed by atoms with Gasteiger partial charge in [0.1, 0.15) is 5.75 Å². The number of amides is 1. The number of carbonyl (C=O) groups excluding carboxylic acids is 1. The van der Waals surface area contributed by atoms with Crippen molar-refractivity contribution in [1.82, 2.24) is 10.2 Å². The van der Waals surface area contributed by atoms with E-state index in [-0.39, 0.29) is 5.91 Å². The lowest BCUT2D eigenvalue weighted by molar-refractivity contribution is -0.118. The Morgan fingerprint density at radius 2 is 1.67 bits per heavy atom. The number of likely N-dealkylation sites (tertiary alicyclic amines) is 1. The minimum absolute atomic E-state index is 0.0493. The molecule has 0 spiro atoms. The van der Waals surface area contributed by atoms with Gasteiger partial charge in [-0.1, -0.05) is 30.7 Å². The number of carbonyl (C=O) groups is 1. The van der Waals surface area contributed by atoms with Crippen LogP contribution in [0, 0.1) is 0 Å². The van der Waals surface area contributed by atoms with Crippen LogP contribution in [0.15, 0.2) is 53.4 Å². The molecule has 1 fully saturated rings. The first-order valence-corrected chi connectivity index (χ1v) is 10.6. The molecule has 1 N–H and O–H groups in total. The Kier molecular flexibility index (Phi) is 7.60. The van der Waals surface area contributed by atoms with E-state index in [1.807, 2.05) is 24.3 Å². The summed E-state index contributed by atoms with van der Waals surface area (Å²) in [5.41, 5.74) is 2.49. The normalized spacial score (nSPS) is 14.7. The van der Waals surface area contributed by atoms with Gasteiger partial charge in [0.15, 0.2) is 0 Å². The highest BCUT2D eigenvalue weighted by Gasteiger charge is 2.10. The number of nitrogens with zero attached hydrogens (tertiary/aromatic N) is 1. The molecule has 1 aliphatic rings. The maximum Gasteiger partial charge on any atom is 0.230 e. The van der Waals surface area contributed by atoms with E-state index in [0.717, 1.165) is 22.8 Å². The maximum absolute atomic E-state index is 12.1. The molecule has 0 bridgehead atoms. The predicted octanol–water partition coefficient (Wildman–Crippen LogP) is 4.09. The van der Waals surface area contributed by atoms with Crippen LogP contribution in [0.25, 0.3) is 0 Å². The summed E-state index contributed by atoms with van der Waals surface area (Å²) in [6.45, 7) is 4.03. The number of ether oxygens (including phenoxy) is 1. The molecular weight excluding hydrogens is 356 g/mol. The van der Waals surface area contributed by atoms with E-state index >= 15 is 0 Å². The van der Waals surface area contributed by atoms with Crippen LogP contribution in [-0.4, -0.2) is 36.8 Å². The van der Waals surface area contributed by atoms with Crippen molar-refractivity contribution < 1.29 is 9.53 Å². The highest BCUT2D eigenvalue weighted by atomic mass is 32.2. The van der Waals surface area contributed by atoms with E-state index in [2.05, 4.69) is 34.5 Å². The Morgan fingerprint density at radius 1 is 1.00 bits per heavy atom. The van der Waals surface area contributed by atoms with Crippen LogP contribution < -0.4 is 10.1 Å². The maximum atomic E-state index is 12.1. The first-order valence-electron chi connectivity index (χ1n) is 9.56. The van der Waals surface area contributed by atoms with E-state index in [4.69, 9.17) is 4.74 Å². The smallest absolute Gasteiger partial charge is 0.230 e. The SMILES string of the molecule is COc1ccc(SCC(=O)NCc2ccc(CN3CCCCC3)cc2)cc1. The van der Waals surface area contributed by atoms with Gasteiger partial charge in [-0.3, -0.25) is 9.69 Å². The second-order valence-electron chi connectivity index (χ2n) is 6.89. The molecular formula is C22H28N2O2S. The van der Waals surface area contributed by atoms with Crippen LogP contribution in [0.3, 0.4) is 0 Å². The summed E-state index contributed by atoms with van der Waals surface area (Å²) in [6, 6.07) is 16.4. The van der Waals surface area contributed by atoms with Gasteiger partial charge in [-0.25, -0.2) is 0 Å². The third-order valence-electron chi connectivity index (χ3n) is 4.80. The number of nitrogens with one attached hydrogen (secondary N) is 1. The highest BCUT2D eigenvalue weighted by molar-refractivity contribution is 8.00. The lowest BCUT2D eigenvalue weighted by Crippen LogP contribution is -2.29. The molecule has 0 saturated carbocycles. The fourth-order valence-corrected chi connectivity index (χ4v) is 3.94. The Hall–Kier alpha value is -1.98. The number of thioether (sulfide) groups is 1. The molecule has 0 aromatic heterocycles. The summed E-state index contributed by atoms with van der Waals surface area (Å²) in [5, 5.41) is 3.00. The largest absolute Gasteiger partial charge is 0.497 e. The summed E-state index contributed by atoms with van der Waals surface area (Å²) >= 11 is 1.53. The van der Waals surface area contributed by atoms with Gasteiger partial charge in [0.05, 0.1) is 12.9 Å². The zero-order valence-corrected chi connectivity index (χ0v) is 16.8. The predicted molar refractivity (Wildman–Crippen MR) is 111 cm³/mol. The van der Waals surface area contributed by atoms with Crippen molar-refractivity contribution in [2.75, 3.05) is 26.0 Å². The van der Waals surface area contributed by atoms with Gasteiger partial charge in [-0.15, -0.1) is 11.8 Å². The molecule has 2 aromatic rings. The quantitative estimate of drug-likeness (QED) is 0.696. The van der Waals surface area contributed by atoms with E-state index in [1.165, 1.54) is 49.7 Å². The Morgan fingerprint density at radius 3 is 2.33 bits per heavy atom. The molecule has 27 heavy (non-hydrogen) atoms. The fraction of sp³-hybridized carbons (Fsp3) is 0.409. The number of benzene rings is 2. The van der Waals surface area contributed by atoms with Crippen LogP contribution >= 0.6 is 11.8 Å². The molecule has 144 valence electrons. The van der Waals surface area contributed by atoms with E-state index in [0.29, 0.717) is 12.3 Å². The van der Waals surface area contributed by atoms with Crippen LogP contribution in [0.2, 0.25) is 0 Å². The van der Waals surface area contributed by atoms with Gasteiger partial charge in [0, 0.05) is 18.0 Å². The van der Waals surface area contributed by atoms with Crippen molar-refractivity contribution in [2.45, 2.75) is 37.2 Å². The Balaban J connectivity index is 1.38. The first-order chi connectivity index (χ1) is 13.2. The van der Waals surface area contributed by atoms with Crippen molar-refractivity contribution >= 4 is 17.7 Å². The van der Waals surface area contributed by atoms with Crippen molar-refractivity contribution in [1.29, 1.82) is 0 Å². The summed E-state index contributed by atoms with van der Waals surface area (Å²) in [5.74, 6) is 1.29. The zero-order chi connectivity index (χ0) is 18.9. The molecule has 0 radical (unpaired) electrons. The Bertz CT molecular complexity index is 710. The van der Waals surface area contributed by atoms with Crippen molar-refractivity contribution in [3.8, 4) is 5.75 Å². The van der Waals surface area contributed by atoms with Crippen LogP contribution in [0.1, 0.15) is 30.4 Å². The zero-order valence-electron chi connectivity index (χ0n) is 15.9. The molecule has 1 amide bonds. The minimum atomic E-state index is 0.0493. The molecule has 5 heteroatoms. The molecule has 3 rings (SSSR count). The minimum Gasteiger partial charge on any atom is -0.497 e. The first kappa shape index (κ1) is 19.8. The number of hydrogen-bond donors (Lipinski definition) is 1. The molecule has 4 nitrogen and oxygen atoms in total. The monoisotopic (exact) mass is 384 g/mol. The average molecular weight is 385 g/mol. The van der Waals surface area contributed by atoms with E-state index in [9.17, 15) is 4.79 Å². The van der Waals surface area contributed by atoms with Gasteiger partial charge in [-0.2, -0.15) is 0 Å². The summed E-state index contributed by atoms with van der Waals surface area (Å²) < 4.78 is 5.14. The number of methoxy groups -OCH3 is 1. The third kappa shape index (κ3) is 6.60. The average Bonchev–Trinajstić information content (AvgIpc) is 2.73. The highest BCUT2D eigenvalue weighted by Crippen LogP contribution is 2.21. The number of rotatable bonds is 8. The van der Waals surface area contributed by atoms with Gasteiger partial charge >= 0.3 is 0 Å². The summed E-state index contributed by atoms with van der Waals surface area (Å²) in [4.78, 5) is 15.7. The van der Waals surface area contributed by atoms with Gasteiger partial charge in [0.25, 0.3) is 0 Å². The third-order valence-corrected chi connectivity index (χ3v) is 5.81. The topological polar surface area (TPSA) is 41.6 Å². The molecule has 0 unspecified atom stereocenters. The Labute approximate surface area is 166 Å². The molecule has 1 aliphatic heterocycles. The molecule has 1 saturated heterocycles. The van der Waals surface area contributed by atoms with Crippen molar-refractivity contribution in [3.63, 3.8) is 0 Å². The summed E-state index contributed by atoms with van der Waals surface area (Å²) in [7, 11) is 1.65. The van der Waals surface area contributed by atoms with Gasteiger partial charge in [0.2, 0.25) is 5.91 Å². The van der Waals surface area contributed by atoms with E-state index in [1.54, 1.807) is 7.11 Å². The van der Waals surface area contributed by atoms with Gasteiger partial charge < -0.3 is 10.1 Å².